The van der Waals surface area contributed by atoms with Gasteiger partial charge in [0.25, 0.3) is 5.91 Å². The number of hydrogen-bond acceptors (Lipinski definition) is 5. The summed E-state index contributed by atoms with van der Waals surface area (Å²) < 4.78 is 0. The van der Waals surface area contributed by atoms with E-state index in [1.165, 1.54) is 18.3 Å². The number of nitrogens with two attached hydrogens (primary N) is 2. The molecule has 1 heterocycles. The molecule has 0 bridgehead atoms. The van der Waals surface area contributed by atoms with E-state index in [4.69, 9.17) is 16.6 Å². The maximum atomic E-state index is 11.5. The minimum atomic E-state index is -0.628. The molecule has 6 nitrogen and oxygen atoms in total. The van der Waals surface area contributed by atoms with E-state index in [0.717, 1.165) is 5.57 Å². The Hall–Kier alpha value is -3.15. The predicted octanol–water partition coefficient (Wildman–Crippen LogP) is 2.34. The number of nitrogen functional groups attached to an aromatic ring is 1. The van der Waals surface area contributed by atoms with Crippen LogP contribution in [0.3, 0.4) is 0 Å². The van der Waals surface area contributed by atoms with Crippen LogP contribution in [-0.2, 0) is 0 Å². The second-order valence-corrected chi connectivity index (χ2v) is 4.75. The normalized spacial score (nSPS) is 12.0. The molecule has 0 fully saturated rings. The number of amides is 1. The van der Waals surface area contributed by atoms with Crippen molar-refractivity contribution in [1.82, 2.24) is 9.97 Å². The van der Waals surface area contributed by atoms with Crippen molar-refractivity contribution in [3.05, 3.63) is 59.7 Å². The van der Waals surface area contributed by atoms with Gasteiger partial charge < -0.3 is 16.6 Å². The Labute approximate surface area is 127 Å². The summed E-state index contributed by atoms with van der Waals surface area (Å²) in [6.07, 6.45) is 7.94. The van der Waals surface area contributed by atoms with Crippen LogP contribution in [0.2, 0.25) is 0 Å². The van der Waals surface area contributed by atoms with Crippen LogP contribution in [0.25, 0.3) is 17.1 Å². The fraction of sp³-hybridized carbons (Fsp3) is 0.0625. The van der Waals surface area contributed by atoms with E-state index in [-0.39, 0.29) is 17.0 Å². The van der Waals surface area contributed by atoms with E-state index in [1.807, 2.05) is 6.92 Å². The zero-order valence-electron chi connectivity index (χ0n) is 12.1. The average molecular weight is 296 g/mol. The molecule has 0 unspecified atom stereocenters. The quantitative estimate of drug-likeness (QED) is 0.455. The Balaban J connectivity index is 2.70. The number of allylic oxidation sites excluding steroid dienone is 3. The van der Waals surface area contributed by atoms with Gasteiger partial charge >= 0.3 is 0 Å². The van der Waals surface area contributed by atoms with Crippen LogP contribution in [0.15, 0.2) is 48.5 Å². The van der Waals surface area contributed by atoms with Gasteiger partial charge in [0, 0.05) is 18.0 Å². The maximum absolute atomic E-state index is 11.5. The number of anilines is 1. The van der Waals surface area contributed by atoms with Crippen molar-refractivity contribution in [1.29, 1.82) is 0 Å². The molecule has 112 valence electrons. The van der Waals surface area contributed by atoms with Gasteiger partial charge in [-0.25, -0.2) is 0 Å². The topological polar surface area (TPSA) is 115 Å². The zero-order chi connectivity index (χ0) is 16.3. The van der Waals surface area contributed by atoms with Crippen molar-refractivity contribution in [2.45, 2.75) is 6.92 Å². The zero-order valence-corrected chi connectivity index (χ0v) is 12.1. The number of primary amides is 1. The lowest BCUT2D eigenvalue weighted by molar-refractivity contribution is 0.100. The molecule has 0 spiro atoms. The first-order valence-electron chi connectivity index (χ1n) is 6.47. The highest BCUT2D eigenvalue weighted by Gasteiger charge is 2.14. The Kier molecular flexibility index (Phi) is 4.22. The number of aliphatic hydroxyl groups excluding tert-OH is 1. The molecular formula is C16H16N4O2. The van der Waals surface area contributed by atoms with Gasteiger partial charge in [-0.3, -0.25) is 14.8 Å². The molecule has 1 aromatic carbocycles. The molecule has 2 rings (SSSR count). The first kappa shape index (κ1) is 15.2. The van der Waals surface area contributed by atoms with Crippen LogP contribution in [0, 0.1) is 0 Å². The summed E-state index contributed by atoms with van der Waals surface area (Å²) in [6.45, 7) is 5.19. The van der Waals surface area contributed by atoms with Crippen LogP contribution in [-0.4, -0.2) is 21.0 Å². The molecule has 5 N–H and O–H groups in total. The standard InChI is InChI=1S/C16H16N4O2/c1-9(3-4-10(2)21)7-11-14(17)12(16(18)22)8-13-15(11)20-6-5-19-13/h3-8,21H,2,17H2,1H3,(H2,18,22)/b4-3-,9-7+. The Bertz CT molecular complexity index is 822. The number of aromatic nitrogens is 2. The minimum Gasteiger partial charge on any atom is -0.509 e. The summed E-state index contributed by atoms with van der Waals surface area (Å²) >= 11 is 0. The number of benzene rings is 1. The average Bonchev–Trinajstić information content (AvgIpc) is 2.47. The first-order valence-corrected chi connectivity index (χ1v) is 6.47. The van der Waals surface area contributed by atoms with Crippen LogP contribution in [0.5, 0.6) is 0 Å². The van der Waals surface area contributed by atoms with Gasteiger partial charge in [-0.05, 0) is 25.1 Å². The summed E-state index contributed by atoms with van der Waals surface area (Å²) in [6, 6.07) is 1.53. The monoisotopic (exact) mass is 296 g/mol. The van der Waals surface area contributed by atoms with E-state index >= 15 is 0 Å². The highest BCUT2D eigenvalue weighted by Crippen LogP contribution is 2.27. The van der Waals surface area contributed by atoms with Gasteiger partial charge in [-0.15, -0.1) is 0 Å². The van der Waals surface area contributed by atoms with E-state index in [0.29, 0.717) is 16.6 Å². The molecule has 0 aliphatic carbocycles. The summed E-state index contributed by atoms with van der Waals surface area (Å²) in [5.74, 6) is -0.687. The molecule has 0 saturated heterocycles. The van der Waals surface area contributed by atoms with Gasteiger partial charge in [0.05, 0.1) is 22.3 Å². The summed E-state index contributed by atoms with van der Waals surface area (Å²) in [4.78, 5) is 20.0. The molecule has 1 aromatic heterocycles. The van der Waals surface area contributed by atoms with Crippen LogP contribution in [0.1, 0.15) is 22.8 Å². The number of hydrogen-bond donors (Lipinski definition) is 3. The molecule has 6 heteroatoms. The van der Waals surface area contributed by atoms with Crippen molar-refractivity contribution in [3.63, 3.8) is 0 Å². The van der Waals surface area contributed by atoms with Gasteiger partial charge in [0.15, 0.2) is 0 Å². The van der Waals surface area contributed by atoms with Gasteiger partial charge in [0.2, 0.25) is 0 Å². The highest BCUT2D eigenvalue weighted by atomic mass is 16.3. The molecule has 1 amide bonds. The third kappa shape index (κ3) is 3.12. The predicted molar refractivity (Wildman–Crippen MR) is 87.0 cm³/mol. The lowest BCUT2D eigenvalue weighted by Crippen LogP contribution is -2.14. The lowest BCUT2D eigenvalue weighted by Gasteiger charge is -2.09. The second kappa shape index (κ2) is 6.09. The fourth-order valence-corrected chi connectivity index (χ4v) is 2.00. The van der Waals surface area contributed by atoms with Gasteiger partial charge in [-0.1, -0.05) is 18.2 Å². The first-order chi connectivity index (χ1) is 10.4. The van der Waals surface area contributed by atoms with E-state index in [9.17, 15) is 4.79 Å². The fourth-order valence-electron chi connectivity index (χ4n) is 2.00. The van der Waals surface area contributed by atoms with E-state index < -0.39 is 5.91 Å². The number of carbonyl (C=O) groups is 1. The lowest BCUT2D eigenvalue weighted by atomic mass is 10.0. The SMILES string of the molecule is C=C(O)/C=C\C(C)=C\c1c(N)c(C(N)=O)cc2nccnc12. The van der Waals surface area contributed by atoms with Crippen LogP contribution in [0.4, 0.5) is 5.69 Å². The third-order valence-corrected chi connectivity index (χ3v) is 3.02. The molecule has 0 saturated carbocycles. The van der Waals surface area contributed by atoms with Gasteiger partial charge in [-0.2, -0.15) is 0 Å². The third-order valence-electron chi connectivity index (χ3n) is 3.02. The Morgan fingerprint density at radius 1 is 1.32 bits per heavy atom. The Morgan fingerprint density at radius 2 is 2.00 bits per heavy atom. The Morgan fingerprint density at radius 3 is 2.64 bits per heavy atom. The van der Waals surface area contributed by atoms with Crippen LogP contribution < -0.4 is 11.5 Å². The molecule has 0 radical (unpaired) electrons. The van der Waals surface area contributed by atoms with E-state index in [1.54, 1.807) is 18.3 Å². The summed E-state index contributed by atoms with van der Waals surface area (Å²) in [5.41, 5.74) is 14.3. The molecule has 2 aromatic rings. The maximum Gasteiger partial charge on any atom is 0.250 e. The van der Waals surface area contributed by atoms with Crippen LogP contribution >= 0.6 is 0 Å². The number of aliphatic hydroxyl groups is 1. The minimum absolute atomic E-state index is 0.0590. The molecular weight excluding hydrogens is 280 g/mol. The van der Waals surface area contributed by atoms with E-state index in [2.05, 4.69) is 16.5 Å². The summed E-state index contributed by atoms with van der Waals surface area (Å²) in [7, 11) is 0. The number of carbonyl (C=O) groups excluding carboxylic acids is 1. The molecule has 0 aliphatic rings. The molecule has 0 atom stereocenters. The molecule has 22 heavy (non-hydrogen) atoms. The highest BCUT2D eigenvalue weighted by molar-refractivity contribution is 6.05. The van der Waals surface area contributed by atoms with Gasteiger partial charge in [0.1, 0.15) is 5.76 Å². The number of rotatable bonds is 4. The largest absolute Gasteiger partial charge is 0.509 e. The second-order valence-electron chi connectivity index (χ2n) is 4.75. The van der Waals surface area contributed by atoms with Crippen molar-refractivity contribution in [2.75, 3.05) is 5.73 Å². The number of fused-ring (bicyclic) bond motifs is 1. The van der Waals surface area contributed by atoms with Crippen molar-refractivity contribution in [2.24, 2.45) is 5.73 Å². The molecule has 0 aliphatic heterocycles. The van der Waals surface area contributed by atoms with Crippen molar-refractivity contribution in [3.8, 4) is 0 Å². The number of nitrogens with zero attached hydrogens (tertiary/aromatic N) is 2. The van der Waals surface area contributed by atoms with Crippen molar-refractivity contribution < 1.29 is 9.90 Å². The van der Waals surface area contributed by atoms with Crippen molar-refractivity contribution >= 4 is 28.7 Å². The smallest absolute Gasteiger partial charge is 0.250 e. The summed E-state index contributed by atoms with van der Waals surface area (Å²) in [5, 5.41) is 9.09.